The number of nitrogen functional groups attached to an aromatic ring is 1. The van der Waals surface area contributed by atoms with E-state index in [1.165, 1.54) is 18.1 Å². The van der Waals surface area contributed by atoms with Gasteiger partial charge in [0.05, 0.1) is 29.6 Å². The molecule has 3 aromatic rings. The Labute approximate surface area is 140 Å². The fourth-order valence-electron chi connectivity index (χ4n) is 3.03. The van der Waals surface area contributed by atoms with E-state index >= 15 is 0 Å². The highest BCUT2D eigenvalue weighted by Gasteiger charge is 2.43. The van der Waals surface area contributed by atoms with Gasteiger partial charge in [-0.25, -0.2) is 9.97 Å². The fraction of sp³-hybridized carbons (Fsp3) is 0.333. The largest absolute Gasteiger partial charge is 0.464 e. The molecule has 0 aromatic carbocycles. The van der Waals surface area contributed by atoms with Crippen molar-refractivity contribution in [1.29, 1.82) is 0 Å². The van der Waals surface area contributed by atoms with Crippen LogP contribution < -0.4 is 5.73 Å². The number of nitrogens with two attached hydrogens (primary N) is 1. The highest BCUT2D eigenvalue weighted by atomic mass is 32.2. The zero-order valence-electron chi connectivity index (χ0n) is 12.5. The minimum atomic E-state index is -1.04. The maximum atomic E-state index is 10.4. The van der Waals surface area contributed by atoms with Crippen LogP contribution in [0.4, 0.5) is 5.82 Å². The topological polar surface area (TPSA) is 131 Å². The Kier molecular flexibility index (Phi) is 3.72. The highest BCUT2D eigenvalue weighted by Crippen LogP contribution is 2.45. The molecule has 8 nitrogen and oxygen atoms in total. The number of nitrogens with zero attached hydrogens (tertiary/aromatic N) is 3. The van der Waals surface area contributed by atoms with Gasteiger partial charge in [-0.2, -0.15) is 0 Å². The molecule has 0 amide bonds. The molecule has 0 aliphatic carbocycles. The van der Waals surface area contributed by atoms with Crippen molar-refractivity contribution in [3.8, 4) is 11.3 Å². The van der Waals surface area contributed by atoms with Crippen molar-refractivity contribution in [2.75, 3.05) is 12.3 Å². The second-order valence-corrected chi connectivity index (χ2v) is 6.97. The van der Waals surface area contributed by atoms with Gasteiger partial charge in [0.2, 0.25) is 0 Å². The van der Waals surface area contributed by atoms with Crippen molar-refractivity contribution in [1.82, 2.24) is 14.5 Å². The molecule has 5 N–H and O–H groups in total. The molecule has 24 heavy (non-hydrogen) atoms. The van der Waals surface area contributed by atoms with Gasteiger partial charge in [-0.1, -0.05) is 0 Å². The van der Waals surface area contributed by atoms with Gasteiger partial charge in [0, 0.05) is 11.8 Å². The number of hydrogen-bond donors (Lipinski definition) is 4. The van der Waals surface area contributed by atoms with Crippen molar-refractivity contribution in [3.63, 3.8) is 0 Å². The lowest BCUT2D eigenvalue weighted by molar-refractivity contribution is 0.0113. The van der Waals surface area contributed by atoms with Gasteiger partial charge < -0.3 is 30.0 Å². The first-order valence-electron chi connectivity index (χ1n) is 7.39. The molecule has 1 aliphatic heterocycles. The van der Waals surface area contributed by atoms with Crippen molar-refractivity contribution in [2.24, 2.45) is 0 Å². The third-order valence-electron chi connectivity index (χ3n) is 4.22. The van der Waals surface area contributed by atoms with E-state index in [0.29, 0.717) is 28.2 Å². The van der Waals surface area contributed by atoms with Gasteiger partial charge in [0.1, 0.15) is 35.0 Å². The van der Waals surface area contributed by atoms with E-state index < -0.39 is 22.8 Å². The molecule has 0 unspecified atom stereocenters. The smallest absolute Gasteiger partial charge is 0.147 e. The molecule has 126 valence electrons. The van der Waals surface area contributed by atoms with E-state index in [1.807, 2.05) is 0 Å². The summed E-state index contributed by atoms with van der Waals surface area (Å²) in [6.45, 7) is -0.221. The van der Waals surface area contributed by atoms with E-state index in [2.05, 4.69) is 9.97 Å². The number of aliphatic hydroxyl groups is 3. The van der Waals surface area contributed by atoms with Crippen LogP contribution >= 0.6 is 11.8 Å². The molecule has 0 saturated carbocycles. The predicted octanol–water partition coefficient (Wildman–Crippen LogP) is 0.602. The number of aromatic nitrogens is 3. The number of anilines is 1. The van der Waals surface area contributed by atoms with E-state index in [1.54, 1.807) is 29.2 Å². The summed E-state index contributed by atoms with van der Waals surface area (Å²) in [6, 6.07) is 3.57. The summed E-state index contributed by atoms with van der Waals surface area (Å²) in [5, 5.41) is 29.5. The van der Waals surface area contributed by atoms with Crippen LogP contribution in [-0.4, -0.2) is 53.9 Å². The Balaban J connectivity index is 1.90. The number of aliphatic hydroxyl groups excluding tert-OH is 3. The van der Waals surface area contributed by atoms with Gasteiger partial charge in [-0.15, -0.1) is 11.8 Å². The summed E-state index contributed by atoms with van der Waals surface area (Å²) in [5.41, 5.74) is 7.27. The van der Waals surface area contributed by atoms with Crippen LogP contribution in [0.1, 0.15) is 5.37 Å². The van der Waals surface area contributed by atoms with Gasteiger partial charge in [-0.3, -0.25) is 0 Å². The quantitative estimate of drug-likeness (QED) is 0.541. The zero-order valence-corrected chi connectivity index (χ0v) is 13.3. The number of hydrogen-bond acceptors (Lipinski definition) is 8. The lowest BCUT2D eigenvalue weighted by atomic mass is 10.1. The molecular formula is C15H16N4O4S. The fourth-order valence-corrected chi connectivity index (χ4v) is 4.41. The zero-order chi connectivity index (χ0) is 16.8. The average Bonchev–Trinajstić information content (AvgIpc) is 3.28. The molecule has 0 bridgehead atoms. The minimum absolute atomic E-state index is 0.221. The highest BCUT2D eigenvalue weighted by molar-refractivity contribution is 8.00. The summed E-state index contributed by atoms with van der Waals surface area (Å²) in [6.07, 6.45) is 2.63. The first kappa shape index (κ1) is 15.5. The van der Waals surface area contributed by atoms with Gasteiger partial charge in [-0.05, 0) is 12.1 Å². The van der Waals surface area contributed by atoms with E-state index in [4.69, 9.17) is 10.2 Å². The number of thioether (sulfide) groups is 1. The van der Waals surface area contributed by atoms with E-state index in [9.17, 15) is 15.3 Å². The molecule has 4 rings (SSSR count). The second-order valence-electron chi connectivity index (χ2n) is 5.61. The van der Waals surface area contributed by atoms with Crippen LogP contribution in [0.3, 0.4) is 0 Å². The summed E-state index contributed by atoms with van der Waals surface area (Å²) in [4.78, 5) is 8.32. The van der Waals surface area contributed by atoms with Gasteiger partial charge >= 0.3 is 0 Å². The Bertz CT molecular complexity index is 866. The Hall–Kier alpha value is -2.07. The van der Waals surface area contributed by atoms with Crippen LogP contribution in [0.5, 0.6) is 0 Å². The second kappa shape index (κ2) is 5.78. The van der Waals surface area contributed by atoms with Crippen molar-refractivity contribution >= 4 is 28.6 Å². The molecule has 1 fully saturated rings. The van der Waals surface area contributed by atoms with Gasteiger partial charge in [0.15, 0.2) is 0 Å². The molecule has 0 spiro atoms. The van der Waals surface area contributed by atoms with Crippen LogP contribution in [0.15, 0.2) is 35.3 Å². The van der Waals surface area contributed by atoms with E-state index in [-0.39, 0.29) is 6.61 Å². The monoisotopic (exact) mass is 348 g/mol. The molecule has 3 aromatic heterocycles. The van der Waals surface area contributed by atoms with Crippen LogP contribution in [0.2, 0.25) is 0 Å². The van der Waals surface area contributed by atoms with Crippen LogP contribution in [-0.2, 0) is 0 Å². The molecule has 1 saturated heterocycles. The predicted molar refractivity (Wildman–Crippen MR) is 89.2 cm³/mol. The normalized spacial score (nSPS) is 27.1. The van der Waals surface area contributed by atoms with Crippen molar-refractivity contribution < 1.29 is 19.7 Å². The van der Waals surface area contributed by atoms with Crippen molar-refractivity contribution in [3.05, 3.63) is 30.9 Å². The van der Waals surface area contributed by atoms with Crippen LogP contribution in [0.25, 0.3) is 22.4 Å². The molecule has 4 atom stereocenters. The molecular weight excluding hydrogens is 332 g/mol. The summed E-state index contributed by atoms with van der Waals surface area (Å²) in [7, 11) is 0. The summed E-state index contributed by atoms with van der Waals surface area (Å²) in [5.74, 6) is 0.916. The maximum Gasteiger partial charge on any atom is 0.147 e. The lowest BCUT2D eigenvalue weighted by Gasteiger charge is -2.17. The summed E-state index contributed by atoms with van der Waals surface area (Å²) < 4.78 is 7.22. The number of rotatable bonds is 3. The third kappa shape index (κ3) is 2.20. The maximum absolute atomic E-state index is 10.4. The average molecular weight is 348 g/mol. The Morgan fingerprint density at radius 1 is 1.29 bits per heavy atom. The number of furan rings is 1. The number of fused-ring (bicyclic) bond motifs is 1. The first-order valence-corrected chi connectivity index (χ1v) is 8.33. The Morgan fingerprint density at radius 2 is 2.12 bits per heavy atom. The van der Waals surface area contributed by atoms with Crippen molar-refractivity contribution in [2.45, 2.75) is 22.8 Å². The summed E-state index contributed by atoms with van der Waals surface area (Å²) >= 11 is 1.29. The minimum Gasteiger partial charge on any atom is -0.464 e. The molecule has 1 aliphatic rings. The standard InChI is InChI=1S/C15H16N4O4S/c16-13-10-7(8-2-1-3-23-8)4-19(14(10)18-6-17-13)15-12(22)11(21)9(5-20)24-15/h1-4,6,9,11-12,15,20-22H,5H2,(H2,16,17,18)/t9-,11-,12-,15-/m1/s1. The first-order chi connectivity index (χ1) is 11.6. The van der Waals surface area contributed by atoms with E-state index in [0.717, 1.165) is 0 Å². The lowest BCUT2D eigenvalue weighted by Crippen LogP contribution is -2.32. The molecule has 4 heterocycles. The Morgan fingerprint density at radius 3 is 2.79 bits per heavy atom. The van der Waals surface area contributed by atoms with Gasteiger partial charge in [0.25, 0.3) is 0 Å². The third-order valence-corrected chi connectivity index (χ3v) is 5.78. The van der Waals surface area contributed by atoms with Crippen LogP contribution in [0, 0.1) is 0 Å². The molecule has 0 radical (unpaired) electrons. The SMILES string of the molecule is Nc1ncnc2c1c(-c1ccco1)cn2[C@@H]1S[C@H](CO)[C@@H](O)[C@H]1O. The molecule has 9 heteroatoms.